The van der Waals surface area contributed by atoms with Gasteiger partial charge in [0.1, 0.15) is 12.1 Å². The lowest BCUT2D eigenvalue weighted by Gasteiger charge is -2.27. The zero-order valence-corrected chi connectivity index (χ0v) is 17.8. The molecule has 6 unspecified atom stereocenters. The van der Waals surface area contributed by atoms with E-state index in [0.29, 0.717) is 12.8 Å². The zero-order valence-electron chi connectivity index (χ0n) is 17.8. The summed E-state index contributed by atoms with van der Waals surface area (Å²) >= 11 is 0. The summed E-state index contributed by atoms with van der Waals surface area (Å²) in [5, 5.41) is 38.8. The van der Waals surface area contributed by atoms with Crippen molar-refractivity contribution in [3.8, 4) is 0 Å². The number of aliphatic hydroxyl groups is 2. The number of carboxylic acids is 1. The van der Waals surface area contributed by atoms with Crippen LogP contribution in [0.15, 0.2) is 0 Å². The second-order valence-electron chi connectivity index (χ2n) is 8.13. The van der Waals surface area contributed by atoms with E-state index in [-0.39, 0.29) is 17.9 Å². The number of rotatable bonds is 11. The molecule has 0 aromatic rings. The molecule has 11 heteroatoms. The third kappa shape index (κ3) is 7.88. The first-order valence-electron chi connectivity index (χ1n) is 10.2. The molecule has 0 radical (unpaired) electrons. The Morgan fingerprint density at radius 2 is 1.50 bits per heavy atom. The highest BCUT2D eigenvalue weighted by Gasteiger charge is 2.34. The van der Waals surface area contributed by atoms with E-state index in [1.807, 2.05) is 13.8 Å². The van der Waals surface area contributed by atoms with Gasteiger partial charge in [-0.25, -0.2) is 4.79 Å². The normalized spacial score (nSPS) is 21.2. The summed E-state index contributed by atoms with van der Waals surface area (Å²) in [4.78, 5) is 48.9. The van der Waals surface area contributed by atoms with Gasteiger partial charge in [-0.2, -0.15) is 0 Å². The molecular formula is C19H34N4O7. The molecule has 1 saturated heterocycles. The summed E-state index contributed by atoms with van der Waals surface area (Å²) in [5.74, 6) is -3.34. The Morgan fingerprint density at radius 1 is 0.933 bits per heavy atom. The van der Waals surface area contributed by atoms with Gasteiger partial charge >= 0.3 is 5.97 Å². The van der Waals surface area contributed by atoms with Crippen molar-refractivity contribution < 1.29 is 34.5 Å². The highest BCUT2D eigenvalue weighted by molar-refractivity contribution is 5.94. The summed E-state index contributed by atoms with van der Waals surface area (Å²) in [6.45, 7) is 6.93. The molecule has 0 aliphatic carbocycles. The SMILES string of the molecule is CC(C)CC(NC(=O)C1CCCN1)C(=O)NC(C(=O)NC(C(=O)O)C(C)O)C(C)O. The summed E-state index contributed by atoms with van der Waals surface area (Å²) in [6, 6.07) is -4.38. The molecule has 1 aliphatic heterocycles. The van der Waals surface area contributed by atoms with Crippen LogP contribution in [0.3, 0.4) is 0 Å². The lowest BCUT2D eigenvalue weighted by atomic mass is 10.0. The minimum Gasteiger partial charge on any atom is -0.480 e. The van der Waals surface area contributed by atoms with Gasteiger partial charge < -0.3 is 36.6 Å². The quantitative estimate of drug-likeness (QED) is 0.198. The van der Waals surface area contributed by atoms with Crippen molar-refractivity contribution in [2.45, 2.75) is 83.3 Å². The van der Waals surface area contributed by atoms with Crippen LogP contribution >= 0.6 is 0 Å². The number of carbonyl (C=O) groups is 4. The van der Waals surface area contributed by atoms with Crippen LogP contribution in [0.1, 0.15) is 47.0 Å². The standard InChI is InChI=1S/C19H34N4O7/c1-9(2)8-13(21-16(26)12-6-5-7-20-12)17(27)22-14(10(3)24)18(28)23-15(11(4)25)19(29)30/h9-15,20,24-25H,5-8H2,1-4H3,(H,21,26)(H,22,27)(H,23,28)(H,29,30). The second kappa shape index (κ2) is 11.8. The van der Waals surface area contributed by atoms with E-state index in [2.05, 4.69) is 21.3 Å². The van der Waals surface area contributed by atoms with Crippen LogP contribution in [-0.2, 0) is 19.2 Å². The molecule has 1 rings (SSSR count). The number of carboxylic acid groups (broad SMARTS) is 1. The molecule has 0 spiro atoms. The van der Waals surface area contributed by atoms with Gasteiger partial charge in [-0.1, -0.05) is 13.8 Å². The van der Waals surface area contributed by atoms with Crippen LogP contribution in [0.5, 0.6) is 0 Å². The molecule has 1 aliphatic rings. The number of hydrogen-bond acceptors (Lipinski definition) is 7. The molecule has 0 aromatic heterocycles. The fourth-order valence-corrected chi connectivity index (χ4v) is 3.17. The van der Waals surface area contributed by atoms with Crippen molar-refractivity contribution in [1.29, 1.82) is 0 Å². The lowest BCUT2D eigenvalue weighted by Crippen LogP contribution is -2.61. The number of aliphatic carboxylic acids is 1. The van der Waals surface area contributed by atoms with Crippen molar-refractivity contribution >= 4 is 23.7 Å². The Morgan fingerprint density at radius 3 is 1.93 bits per heavy atom. The van der Waals surface area contributed by atoms with Gasteiger partial charge in [-0.15, -0.1) is 0 Å². The van der Waals surface area contributed by atoms with Crippen LogP contribution in [0.2, 0.25) is 0 Å². The predicted octanol–water partition coefficient (Wildman–Crippen LogP) is -1.91. The van der Waals surface area contributed by atoms with Gasteiger partial charge in [0.2, 0.25) is 17.7 Å². The first-order chi connectivity index (χ1) is 13.9. The summed E-state index contributed by atoms with van der Waals surface area (Å²) in [5.41, 5.74) is 0. The first kappa shape index (κ1) is 25.8. The molecule has 0 aromatic carbocycles. The molecular weight excluding hydrogens is 396 g/mol. The van der Waals surface area contributed by atoms with Gasteiger partial charge in [0.25, 0.3) is 0 Å². The smallest absolute Gasteiger partial charge is 0.328 e. The molecule has 30 heavy (non-hydrogen) atoms. The van der Waals surface area contributed by atoms with Crippen molar-refractivity contribution in [1.82, 2.24) is 21.3 Å². The maximum absolute atomic E-state index is 12.8. The van der Waals surface area contributed by atoms with Gasteiger partial charge in [0, 0.05) is 0 Å². The van der Waals surface area contributed by atoms with E-state index in [0.717, 1.165) is 13.0 Å². The Bertz CT molecular complexity index is 618. The fourth-order valence-electron chi connectivity index (χ4n) is 3.17. The van der Waals surface area contributed by atoms with Crippen molar-refractivity contribution in [3.63, 3.8) is 0 Å². The van der Waals surface area contributed by atoms with E-state index in [1.165, 1.54) is 13.8 Å². The number of hydrogen-bond donors (Lipinski definition) is 7. The molecule has 0 saturated carbocycles. The van der Waals surface area contributed by atoms with Crippen LogP contribution in [0.25, 0.3) is 0 Å². The molecule has 172 valence electrons. The van der Waals surface area contributed by atoms with Gasteiger partial charge in [0.05, 0.1) is 18.2 Å². The maximum atomic E-state index is 12.8. The molecule has 3 amide bonds. The average molecular weight is 431 g/mol. The Labute approximate surface area is 176 Å². The molecule has 0 bridgehead atoms. The Hall–Kier alpha value is -2.24. The second-order valence-corrected chi connectivity index (χ2v) is 8.13. The van der Waals surface area contributed by atoms with Crippen LogP contribution < -0.4 is 21.3 Å². The van der Waals surface area contributed by atoms with Gasteiger partial charge in [0.15, 0.2) is 6.04 Å². The number of aliphatic hydroxyl groups excluding tert-OH is 2. The summed E-state index contributed by atoms with van der Waals surface area (Å²) in [7, 11) is 0. The zero-order chi connectivity index (χ0) is 23.0. The van der Waals surface area contributed by atoms with E-state index < -0.39 is 48.1 Å². The monoisotopic (exact) mass is 430 g/mol. The maximum Gasteiger partial charge on any atom is 0.328 e. The average Bonchev–Trinajstić information content (AvgIpc) is 3.16. The largest absolute Gasteiger partial charge is 0.480 e. The highest BCUT2D eigenvalue weighted by atomic mass is 16.4. The van der Waals surface area contributed by atoms with Crippen molar-refractivity contribution in [2.24, 2.45) is 5.92 Å². The third-order valence-corrected chi connectivity index (χ3v) is 4.83. The molecule has 1 heterocycles. The van der Waals surface area contributed by atoms with E-state index in [9.17, 15) is 29.4 Å². The van der Waals surface area contributed by atoms with E-state index in [1.54, 1.807) is 0 Å². The Balaban J connectivity index is 2.88. The van der Waals surface area contributed by atoms with Crippen molar-refractivity contribution in [3.05, 3.63) is 0 Å². The van der Waals surface area contributed by atoms with E-state index in [4.69, 9.17) is 5.11 Å². The summed E-state index contributed by atoms with van der Waals surface area (Å²) in [6.07, 6.45) is -0.898. The molecule has 11 nitrogen and oxygen atoms in total. The minimum atomic E-state index is -1.60. The van der Waals surface area contributed by atoms with Gasteiger partial charge in [-0.3, -0.25) is 14.4 Å². The topological polar surface area (TPSA) is 177 Å². The lowest BCUT2D eigenvalue weighted by molar-refractivity contribution is -0.146. The number of carbonyl (C=O) groups excluding carboxylic acids is 3. The number of nitrogens with one attached hydrogen (secondary N) is 4. The summed E-state index contributed by atoms with van der Waals surface area (Å²) < 4.78 is 0. The fraction of sp³-hybridized carbons (Fsp3) is 0.789. The first-order valence-corrected chi connectivity index (χ1v) is 10.2. The minimum absolute atomic E-state index is 0.0584. The third-order valence-electron chi connectivity index (χ3n) is 4.83. The molecule has 7 N–H and O–H groups in total. The van der Waals surface area contributed by atoms with Crippen molar-refractivity contribution in [2.75, 3.05) is 6.54 Å². The Kier molecular flexibility index (Phi) is 10.2. The molecule has 1 fully saturated rings. The van der Waals surface area contributed by atoms with Crippen LogP contribution in [-0.4, -0.2) is 81.9 Å². The van der Waals surface area contributed by atoms with E-state index >= 15 is 0 Å². The van der Waals surface area contributed by atoms with Gasteiger partial charge in [-0.05, 0) is 45.6 Å². The highest BCUT2D eigenvalue weighted by Crippen LogP contribution is 2.10. The van der Waals surface area contributed by atoms with Crippen LogP contribution in [0, 0.1) is 5.92 Å². The van der Waals surface area contributed by atoms with Crippen LogP contribution in [0.4, 0.5) is 0 Å². The predicted molar refractivity (Wildman–Crippen MR) is 107 cm³/mol. The number of amides is 3. The molecule has 6 atom stereocenters.